The summed E-state index contributed by atoms with van der Waals surface area (Å²) in [6.45, 7) is 1.64. The highest BCUT2D eigenvalue weighted by molar-refractivity contribution is 5.78. The molecular weight excluding hydrogens is 211 g/mol. The smallest absolute Gasteiger partial charge is 0.226 e. The van der Waals surface area contributed by atoms with Gasteiger partial charge in [0.2, 0.25) is 5.91 Å². The van der Waals surface area contributed by atoms with E-state index in [9.17, 15) is 9.18 Å². The molecule has 0 heterocycles. The fourth-order valence-electron chi connectivity index (χ4n) is 1.10. The summed E-state index contributed by atoms with van der Waals surface area (Å²) in [4.78, 5) is 13.5. The van der Waals surface area contributed by atoms with Crippen molar-refractivity contribution in [3.8, 4) is 0 Å². The molecule has 6 heteroatoms. The second kappa shape index (κ2) is 5.72. The number of halogens is 1. The van der Waals surface area contributed by atoms with E-state index >= 15 is 0 Å². The number of azide groups is 1. The van der Waals surface area contributed by atoms with Gasteiger partial charge in [0, 0.05) is 11.5 Å². The minimum absolute atomic E-state index is 0.219. The van der Waals surface area contributed by atoms with Crippen LogP contribution in [0.25, 0.3) is 10.4 Å². The van der Waals surface area contributed by atoms with Crippen LogP contribution in [0.15, 0.2) is 23.3 Å². The maximum Gasteiger partial charge on any atom is 0.226 e. The van der Waals surface area contributed by atoms with Crippen LogP contribution in [0.1, 0.15) is 11.1 Å². The van der Waals surface area contributed by atoms with Gasteiger partial charge in [0.15, 0.2) is 0 Å². The summed E-state index contributed by atoms with van der Waals surface area (Å²) in [5.41, 5.74) is 9.22. The molecule has 0 aromatic heterocycles. The van der Waals surface area contributed by atoms with Gasteiger partial charge in [0.25, 0.3) is 0 Å². The average molecular weight is 222 g/mol. The third kappa shape index (κ3) is 3.59. The summed E-state index contributed by atoms with van der Waals surface area (Å²) < 4.78 is 13.1. The van der Waals surface area contributed by atoms with Crippen molar-refractivity contribution < 1.29 is 9.18 Å². The molecule has 5 nitrogen and oxygen atoms in total. The van der Waals surface area contributed by atoms with Crippen LogP contribution >= 0.6 is 0 Å². The van der Waals surface area contributed by atoms with Crippen LogP contribution < -0.4 is 5.32 Å². The Labute approximate surface area is 91.9 Å². The molecule has 1 aromatic carbocycles. The van der Waals surface area contributed by atoms with Crippen LogP contribution in [0.2, 0.25) is 0 Å². The molecule has 0 unspecified atom stereocenters. The SMILES string of the molecule is Cc1ccc(CNC(=O)CN=[N+]=[N-])cc1F. The van der Waals surface area contributed by atoms with Gasteiger partial charge in [-0.3, -0.25) is 4.79 Å². The maximum atomic E-state index is 13.1. The van der Waals surface area contributed by atoms with Gasteiger partial charge < -0.3 is 5.32 Å². The van der Waals surface area contributed by atoms with Crippen LogP contribution in [0.4, 0.5) is 4.39 Å². The quantitative estimate of drug-likeness (QED) is 0.472. The molecule has 0 atom stereocenters. The number of nitrogens with zero attached hydrogens (tertiary/aromatic N) is 3. The molecule has 1 rings (SSSR count). The average Bonchev–Trinajstić information content (AvgIpc) is 2.28. The van der Waals surface area contributed by atoms with Crippen molar-refractivity contribution in [1.29, 1.82) is 0 Å². The lowest BCUT2D eigenvalue weighted by molar-refractivity contribution is -0.119. The van der Waals surface area contributed by atoms with E-state index in [1.54, 1.807) is 19.1 Å². The summed E-state index contributed by atoms with van der Waals surface area (Å²) in [6.07, 6.45) is 0. The summed E-state index contributed by atoms with van der Waals surface area (Å²) in [7, 11) is 0. The summed E-state index contributed by atoms with van der Waals surface area (Å²) >= 11 is 0. The molecule has 0 saturated carbocycles. The van der Waals surface area contributed by atoms with Crippen LogP contribution in [-0.4, -0.2) is 12.5 Å². The van der Waals surface area contributed by atoms with Gasteiger partial charge in [-0.05, 0) is 29.6 Å². The van der Waals surface area contributed by atoms with Crippen molar-refractivity contribution >= 4 is 5.91 Å². The van der Waals surface area contributed by atoms with E-state index in [1.165, 1.54) is 6.07 Å². The Bertz CT molecular complexity index is 440. The number of hydrogen-bond acceptors (Lipinski definition) is 2. The van der Waals surface area contributed by atoms with Crippen molar-refractivity contribution in [2.75, 3.05) is 6.54 Å². The number of rotatable bonds is 4. The summed E-state index contributed by atoms with van der Waals surface area (Å²) in [5, 5.41) is 5.62. The molecule has 0 spiro atoms. The Morgan fingerprint density at radius 2 is 2.38 bits per heavy atom. The largest absolute Gasteiger partial charge is 0.352 e. The molecule has 0 aliphatic heterocycles. The maximum absolute atomic E-state index is 13.1. The number of benzene rings is 1. The molecule has 0 aliphatic carbocycles. The second-order valence-electron chi connectivity index (χ2n) is 3.25. The molecule has 0 aliphatic rings. The van der Waals surface area contributed by atoms with Gasteiger partial charge in [-0.1, -0.05) is 17.2 Å². The van der Waals surface area contributed by atoms with Crippen molar-refractivity contribution in [1.82, 2.24) is 5.32 Å². The van der Waals surface area contributed by atoms with Gasteiger partial charge in [0.05, 0.1) is 0 Å². The number of carbonyl (C=O) groups is 1. The van der Waals surface area contributed by atoms with E-state index in [0.717, 1.165) is 0 Å². The standard InChI is InChI=1S/C10H11FN4O/c1-7-2-3-8(4-9(7)11)5-13-10(16)6-14-15-12/h2-4H,5-6H2,1H3,(H,13,16). The third-order valence-electron chi connectivity index (χ3n) is 2.00. The number of carbonyl (C=O) groups excluding carboxylic acids is 1. The lowest BCUT2D eigenvalue weighted by atomic mass is 10.1. The molecule has 16 heavy (non-hydrogen) atoms. The van der Waals surface area contributed by atoms with Crippen molar-refractivity contribution in [2.45, 2.75) is 13.5 Å². The molecule has 0 saturated heterocycles. The fraction of sp³-hybridized carbons (Fsp3) is 0.300. The van der Waals surface area contributed by atoms with Crippen LogP contribution in [0.3, 0.4) is 0 Å². The van der Waals surface area contributed by atoms with E-state index in [-0.39, 0.29) is 18.9 Å². The molecule has 84 valence electrons. The Morgan fingerprint density at radius 1 is 1.62 bits per heavy atom. The molecular formula is C10H11FN4O. The Kier molecular flexibility index (Phi) is 4.29. The Hall–Kier alpha value is -2.07. The molecule has 0 bridgehead atoms. The van der Waals surface area contributed by atoms with E-state index in [1.807, 2.05) is 0 Å². The zero-order chi connectivity index (χ0) is 12.0. The molecule has 1 amide bonds. The van der Waals surface area contributed by atoms with Crippen LogP contribution in [0.5, 0.6) is 0 Å². The molecule has 1 aromatic rings. The summed E-state index contributed by atoms with van der Waals surface area (Å²) in [5.74, 6) is -0.694. The Morgan fingerprint density at radius 3 is 3.00 bits per heavy atom. The van der Waals surface area contributed by atoms with Crippen molar-refractivity contribution in [2.24, 2.45) is 5.11 Å². The first-order valence-corrected chi connectivity index (χ1v) is 4.66. The van der Waals surface area contributed by atoms with E-state index in [0.29, 0.717) is 11.1 Å². The van der Waals surface area contributed by atoms with Gasteiger partial charge in [-0.2, -0.15) is 0 Å². The van der Waals surface area contributed by atoms with Crippen LogP contribution in [0, 0.1) is 12.7 Å². The first-order chi connectivity index (χ1) is 7.63. The predicted molar refractivity (Wildman–Crippen MR) is 57.0 cm³/mol. The van der Waals surface area contributed by atoms with Gasteiger partial charge in [-0.15, -0.1) is 0 Å². The lowest BCUT2D eigenvalue weighted by Gasteiger charge is -2.04. The molecule has 0 radical (unpaired) electrons. The predicted octanol–water partition coefficient (Wildman–Crippen LogP) is 2.06. The number of amides is 1. The monoisotopic (exact) mass is 222 g/mol. The number of aryl methyl sites for hydroxylation is 1. The van der Waals surface area contributed by atoms with Crippen molar-refractivity contribution in [3.63, 3.8) is 0 Å². The number of nitrogens with one attached hydrogen (secondary N) is 1. The number of hydrogen-bond donors (Lipinski definition) is 1. The fourth-order valence-corrected chi connectivity index (χ4v) is 1.10. The van der Waals surface area contributed by atoms with Gasteiger partial charge in [0.1, 0.15) is 12.4 Å². The third-order valence-corrected chi connectivity index (χ3v) is 2.00. The minimum Gasteiger partial charge on any atom is -0.352 e. The molecule has 0 fully saturated rings. The highest BCUT2D eigenvalue weighted by Crippen LogP contribution is 2.08. The molecule has 1 N–H and O–H groups in total. The Balaban J connectivity index is 2.51. The first-order valence-electron chi connectivity index (χ1n) is 4.66. The van der Waals surface area contributed by atoms with Gasteiger partial charge in [-0.25, -0.2) is 4.39 Å². The zero-order valence-corrected chi connectivity index (χ0v) is 8.77. The lowest BCUT2D eigenvalue weighted by Crippen LogP contribution is -2.24. The minimum atomic E-state index is -0.390. The van der Waals surface area contributed by atoms with E-state index in [4.69, 9.17) is 5.53 Å². The van der Waals surface area contributed by atoms with Gasteiger partial charge >= 0.3 is 0 Å². The van der Waals surface area contributed by atoms with Crippen LogP contribution in [-0.2, 0) is 11.3 Å². The topological polar surface area (TPSA) is 77.9 Å². The summed E-state index contributed by atoms with van der Waals surface area (Å²) in [6, 6.07) is 4.74. The van der Waals surface area contributed by atoms with E-state index in [2.05, 4.69) is 15.3 Å². The highest BCUT2D eigenvalue weighted by Gasteiger charge is 2.01. The van der Waals surface area contributed by atoms with E-state index < -0.39 is 5.91 Å². The zero-order valence-electron chi connectivity index (χ0n) is 8.77. The first kappa shape index (κ1) is 12.0. The highest BCUT2D eigenvalue weighted by atomic mass is 19.1. The normalized spacial score (nSPS) is 9.38. The van der Waals surface area contributed by atoms with Crippen molar-refractivity contribution in [3.05, 3.63) is 45.6 Å². The second-order valence-corrected chi connectivity index (χ2v) is 3.25.